The van der Waals surface area contributed by atoms with Gasteiger partial charge in [-0.1, -0.05) is 13.8 Å². The van der Waals surface area contributed by atoms with Crippen molar-refractivity contribution in [3.63, 3.8) is 0 Å². The second-order valence-corrected chi connectivity index (χ2v) is 1.86. The maximum Gasteiger partial charge on any atom is 0.147 e. The van der Waals surface area contributed by atoms with E-state index in [0.29, 0.717) is 19.0 Å². The van der Waals surface area contributed by atoms with E-state index in [-0.39, 0.29) is 0 Å². The van der Waals surface area contributed by atoms with Gasteiger partial charge in [0.15, 0.2) is 0 Å². The average molecular weight is 164 g/mol. The third kappa shape index (κ3) is 6.28. The summed E-state index contributed by atoms with van der Waals surface area (Å²) in [4.78, 5) is 0. The Hall–Kier alpha value is -0.120. The molecule has 2 unspecified atom stereocenters. The number of aliphatic hydroxyl groups excluding tert-OH is 1. The summed E-state index contributed by atoms with van der Waals surface area (Å²) in [5.74, 6) is 0. The van der Waals surface area contributed by atoms with Crippen molar-refractivity contribution in [2.24, 2.45) is 0 Å². The lowest BCUT2D eigenvalue weighted by molar-refractivity contribution is 0.0433. The zero-order valence-electron chi connectivity index (χ0n) is 8.13. The van der Waals surface area contributed by atoms with E-state index in [2.05, 4.69) is 0 Å². The van der Waals surface area contributed by atoms with Crippen LogP contribution < -0.4 is 0 Å². The van der Waals surface area contributed by atoms with Crippen LogP contribution in [0.15, 0.2) is 0 Å². The molecule has 0 spiro atoms. The Labute approximate surface area is 69.3 Å². The lowest BCUT2D eigenvalue weighted by atomic mass is 10.3. The standard InChI is InChI=1S/C5H10O2.C2H6.CH4O/c1-4-5(2)7-3-6-4;2*1-2/h4-5H,3H2,1-2H3;1-2H3;2H,1H3. The third-order valence-corrected chi connectivity index (χ3v) is 1.32. The maximum absolute atomic E-state index is 7.00. The molecule has 0 bridgehead atoms. The van der Waals surface area contributed by atoms with E-state index in [4.69, 9.17) is 14.6 Å². The summed E-state index contributed by atoms with van der Waals surface area (Å²) in [6, 6.07) is 0. The van der Waals surface area contributed by atoms with Crippen LogP contribution in [0, 0.1) is 0 Å². The molecule has 1 aliphatic rings. The van der Waals surface area contributed by atoms with Gasteiger partial charge in [0.05, 0.1) is 12.2 Å². The molecule has 0 aromatic heterocycles. The van der Waals surface area contributed by atoms with Crippen LogP contribution in [0.2, 0.25) is 0 Å². The largest absolute Gasteiger partial charge is 0.400 e. The summed E-state index contributed by atoms with van der Waals surface area (Å²) in [7, 11) is 1.00. The molecule has 2 atom stereocenters. The lowest BCUT2D eigenvalue weighted by Gasteiger charge is -2.02. The number of hydrogen-bond donors (Lipinski definition) is 1. The molecule has 3 nitrogen and oxygen atoms in total. The van der Waals surface area contributed by atoms with Crippen LogP contribution in [0.3, 0.4) is 0 Å². The van der Waals surface area contributed by atoms with Crippen LogP contribution in [-0.4, -0.2) is 31.2 Å². The zero-order valence-corrected chi connectivity index (χ0v) is 8.13. The molecule has 0 aliphatic carbocycles. The summed E-state index contributed by atoms with van der Waals surface area (Å²) in [5.41, 5.74) is 0. The van der Waals surface area contributed by atoms with Gasteiger partial charge < -0.3 is 14.6 Å². The van der Waals surface area contributed by atoms with E-state index < -0.39 is 0 Å². The minimum absolute atomic E-state index is 0.292. The van der Waals surface area contributed by atoms with Crippen molar-refractivity contribution in [1.82, 2.24) is 0 Å². The molecule has 1 aliphatic heterocycles. The first-order valence-electron chi connectivity index (χ1n) is 3.98. The van der Waals surface area contributed by atoms with Crippen LogP contribution in [0.4, 0.5) is 0 Å². The fraction of sp³-hybridized carbons (Fsp3) is 1.00. The number of aliphatic hydroxyl groups is 1. The summed E-state index contributed by atoms with van der Waals surface area (Å²) < 4.78 is 10.1. The highest BCUT2D eigenvalue weighted by Gasteiger charge is 2.18. The molecule has 11 heavy (non-hydrogen) atoms. The Balaban J connectivity index is 0. The molecule has 1 saturated heterocycles. The van der Waals surface area contributed by atoms with Crippen molar-refractivity contribution in [3.8, 4) is 0 Å². The van der Waals surface area contributed by atoms with Crippen LogP contribution in [-0.2, 0) is 9.47 Å². The molecule has 1 heterocycles. The molecule has 0 radical (unpaired) electrons. The second-order valence-electron chi connectivity index (χ2n) is 1.86. The normalized spacial score (nSPS) is 27.8. The predicted molar refractivity (Wildman–Crippen MR) is 45.5 cm³/mol. The second kappa shape index (κ2) is 9.88. The average Bonchev–Trinajstić information content (AvgIpc) is 2.44. The van der Waals surface area contributed by atoms with E-state index in [1.54, 1.807) is 0 Å². The summed E-state index contributed by atoms with van der Waals surface area (Å²) >= 11 is 0. The number of ether oxygens (including phenoxy) is 2. The smallest absolute Gasteiger partial charge is 0.147 e. The molecule has 0 saturated carbocycles. The molecule has 0 aromatic rings. The van der Waals surface area contributed by atoms with Crippen molar-refractivity contribution in [2.45, 2.75) is 39.9 Å². The fourth-order valence-electron chi connectivity index (χ4n) is 0.525. The molecular formula is C8H20O3. The van der Waals surface area contributed by atoms with Crippen molar-refractivity contribution >= 4 is 0 Å². The SMILES string of the molecule is CC.CC1OCOC1C.CO. The molecule has 0 aromatic carbocycles. The quantitative estimate of drug-likeness (QED) is 0.588. The van der Waals surface area contributed by atoms with Gasteiger partial charge in [-0.15, -0.1) is 0 Å². The molecule has 1 fully saturated rings. The van der Waals surface area contributed by atoms with Crippen LogP contribution in [0.25, 0.3) is 0 Å². The van der Waals surface area contributed by atoms with E-state index >= 15 is 0 Å². The highest BCUT2D eigenvalue weighted by molar-refractivity contribution is 4.62. The van der Waals surface area contributed by atoms with Gasteiger partial charge in [-0.25, -0.2) is 0 Å². The van der Waals surface area contributed by atoms with Gasteiger partial charge in [-0.2, -0.15) is 0 Å². The first-order valence-corrected chi connectivity index (χ1v) is 3.98. The Morgan fingerprint density at radius 1 is 1.00 bits per heavy atom. The van der Waals surface area contributed by atoms with Crippen molar-refractivity contribution in [3.05, 3.63) is 0 Å². The molecule has 1 N–H and O–H groups in total. The Morgan fingerprint density at radius 2 is 1.27 bits per heavy atom. The minimum atomic E-state index is 0.292. The first kappa shape index (κ1) is 13.5. The summed E-state index contributed by atoms with van der Waals surface area (Å²) in [6.07, 6.45) is 0.583. The summed E-state index contributed by atoms with van der Waals surface area (Å²) in [6.45, 7) is 8.50. The molecule has 3 heteroatoms. The molecular weight excluding hydrogens is 144 g/mol. The predicted octanol–water partition coefficient (Wildman–Crippen LogP) is 1.40. The Bertz CT molecular complexity index is 58.4. The van der Waals surface area contributed by atoms with Crippen molar-refractivity contribution in [1.29, 1.82) is 0 Å². The van der Waals surface area contributed by atoms with Gasteiger partial charge in [-0.3, -0.25) is 0 Å². The van der Waals surface area contributed by atoms with Gasteiger partial charge in [0.1, 0.15) is 6.79 Å². The lowest BCUT2D eigenvalue weighted by Crippen LogP contribution is -2.13. The fourth-order valence-corrected chi connectivity index (χ4v) is 0.525. The van der Waals surface area contributed by atoms with Crippen molar-refractivity contribution in [2.75, 3.05) is 13.9 Å². The Kier molecular flexibility index (Phi) is 12.1. The maximum atomic E-state index is 7.00. The van der Waals surface area contributed by atoms with Crippen LogP contribution in [0.1, 0.15) is 27.7 Å². The minimum Gasteiger partial charge on any atom is -0.400 e. The molecule has 0 amide bonds. The van der Waals surface area contributed by atoms with Gasteiger partial charge >= 0.3 is 0 Å². The van der Waals surface area contributed by atoms with E-state index in [1.807, 2.05) is 27.7 Å². The number of hydrogen-bond acceptors (Lipinski definition) is 3. The Morgan fingerprint density at radius 3 is 1.36 bits per heavy atom. The first-order chi connectivity index (χ1) is 5.30. The van der Waals surface area contributed by atoms with E-state index in [0.717, 1.165) is 7.11 Å². The highest BCUT2D eigenvalue weighted by Crippen LogP contribution is 2.09. The molecule has 1 rings (SSSR count). The summed E-state index contributed by atoms with van der Waals surface area (Å²) in [5, 5.41) is 7.00. The van der Waals surface area contributed by atoms with E-state index in [9.17, 15) is 0 Å². The highest BCUT2D eigenvalue weighted by atomic mass is 16.7. The third-order valence-electron chi connectivity index (χ3n) is 1.32. The van der Waals surface area contributed by atoms with Gasteiger partial charge in [-0.05, 0) is 13.8 Å². The zero-order chi connectivity index (χ0) is 9.28. The van der Waals surface area contributed by atoms with Crippen molar-refractivity contribution < 1.29 is 14.6 Å². The van der Waals surface area contributed by atoms with Gasteiger partial charge in [0, 0.05) is 7.11 Å². The molecule has 70 valence electrons. The topological polar surface area (TPSA) is 38.7 Å². The monoisotopic (exact) mass is 164 g/mol. The van der Waals surface area contributed by atoms with Crippen LogP contribution in [0.5, 0.6) is 0 Å². The number of rotatable bonds is 0. The van der Waals surface area contributed by atoms with E-state index in [1.165, 1.54) is 0 Å². The van der Waals surface area contributed by atoms with Gasteiger partial charge in [0.25, 0.3) is 0 Å². The van der Waals surface area contributed by atoms with Gasteiger partial charge in [0.2, 0.25) is 0 Å². The van der Waals surface area contributed by atoms with Crippen LogP contribution >= 0.6 is 0 Å².